The molecule has 0 spiro atoms. The number of nitrogens with one attached hydrogen (secondary N) is 1. The van der Waals surface area contributed by atoms with Gasteiger partial charge in [-0.2, -0.15) is 0 Å². The molecule has 2 N–H and O–H groups in total. The van der Waals surface area contributed by atoms with Crippen molar-refractivity contribution in [1.82, 2.24) is 9.88 Å². The van der Waals surface area contributed by atoms with E-state index >= 15 is 0 Å². The number of halogens is 3. The summed E-state index contributed by atoms with van der Waals surface area (Å²) in [6.45, 7) is 1.77. The summed E-state index contributed by atoms with van der Waals surface area (Å²) in [5.41, 5.74) is 0.726. The van der Waals surface area contributed by atoms with E-state index in [0.717, 1.165) is 17.5 Å². The number of anilines is 1. The average Bonchev–Trinajstić information content (AvgIpc) is 3.50. The minimum Gasteiger partial charge on any atom is -0.480 e. The molecular weight excluding hydrogens is 592 g/mol. The zero-order valence-corrected chi connectivity index (χ0v) is 23.6. The van der Waals surface area contributed by atoms with Crippen LogP contribution in [0.15, 0.2) is 60.4 Å². The molecule has 9 nitrogen and oxygen atoms in total. The van der Waals surface area contributed by atoms with Gasteiger partial charge in [-0.05, 0) is 68.1 Å². The van der Waals surface area contributed by atoms with Crippen LogP contribution >= 0.6 is 46.5 Å². The van der Waals surface area contributed by atoms with Crippen LogP contribution in [0.25, 0.3) is 0 Å². The summed E-state index contributed by atoms with van der Waals surface area (Å²) in [6.07, 6.45) is 2.62. The number of nitrogens with zero attached hydrogens (tertiary/aromatic N) is 2. The van der Waals surface area contributed by atoms with E-state index in [-0.39, 0.29) is 34.5 Å². The van der Waals surface area contributed by atoms with Crippen molar-refractivity contribution in [3.05, 3.63) is 85.5 Å². The highest BCUT2D eigenvalue weighted by Crippen LogP contribution is 2.37. The third kappa shape index (κ3) is 8.23. The third-order valence-electron chi connectivity index (χ3n) is 5.39. The van der Waals surface area contributed by atoms with Gasteiger partial charge < -0.3 is 23.4 Å². The molecule has 0 atom stereocenters. The molecule has 2 aromatic carbocycles. The molecule has 0 saturated heterocycles. The Kier molecular flexibility index (Phi) is 9.92. The molecule has 2 aromatic heterocycles. The van der Waals surface area contributed by atoms with Crippen LogP contribution in [-0.4, -0.2) is 34.0 Å². The normalized spacial score (nSPS) is 11.2. The van der Waals surface area contributed by atoms with Gasteiger partial charge in [0.15, 0.2) is 10.9 Å². The Hall–Kier alpha value is -3.03. The van der Waals surface area contributed by atoms with Gasteiger partial charge in [0, 0.05) is 22.7 Å². The highest BCUT2D eigenvalue weighted by atomic mass is 35.5. The van der Waals surface area contributed by atoms with Crippen molar-refractivity contribution in [1.29, 1.82) is 0 Å². The number of benzene rings is 2. The van der Waals surface area contributed by atoms with Crippen molar-refractivity contribution in [3.63, 3.8) is 0 Å². The zero-order chi connectivity index (χ0) is 27.9. The summed E-state index contributed by atoms with van der Waals surface area (Å²) in [5.74, 6) is -1.25. The van der Waals surface area contributed by atoms with Crippen molar-refractivity contribution < 1.29 is 27.9 Å². The number of thiazole rings is 1. The van der Waals surface area contributed by atoms with Crippen LogP contribution < -0.4 is 15.3 Å². The van der Waals surface area contributed by atoms with Gasteiger partial charge in [-0.25, -0.2) is 14.2 Å². The van der Waals surface area contributed by atoms with Crippen LogP contribution in [0.2, 0.25) is 10.0 Å². The minimum atomic E-state index is -1.02. The van der Waals surface area contributed by atoms with Crippen LogP contribution in [-0.2, 0) is 17.8 Å². The zero-order valence-electron chi connectivity index (χ0n) is 20.4. The Balaban J connectivity index is 1.43. The quantitative estimate of drug-likeness (QED) is 0.154. The molecule has 4 aromatic rings. The minimum absolute atomic E-state index is 0.0967. The number of aromatic nitrogens is 1. The van der Waals surface area contributed by atoms with E-state index in [1.807, 2.05) is 0 Å². The summed E-state index contributed by atoms with van der Waals surface area (Å²) in [4.78, 5) is 28.7. The number of aryl methyl sites for hydroxylation is 2. The van der Waals surface area contributed by atoms with Crippen molar-refractivity contribution in [3.8, 4) is 11.5 Å². The summed E-state index contributed by atoms with van der Waals surface area (Å²) in [7, 11) is 0. The van der Waals surface area contributed by atoms with Crippen molar-refractivity contribution in [2.45, 2.75) is 31.2 Å². The van der Waals surface area contributed by atoms with Crippen molar-refractivity contribution >= 4 is 57.6 Å². The van der Waals surface area contributed by atoms with E-state index in [1.54, 1.807) is 41.6 Å². The molecule has 0 radical (unpaired) electrons. The third-order valence-corrected chi connectivity index (χ3v) is 7.57. The maximum absolute atomic E-state index is 14.8. The Morgan fingerprint density at radius 3 is 2.77 bits per heavy atom. The number of hydrogen-bond acceptors (Lipinski definition) is 10. The molecule has 0 saturated carbocycles. The summed E-state index contributed by atoms with van der Waals surface area (Å²) in [5, 5.41) is 12.4. The van der Waals surface area contributed by atoms with Crippen molar-refractivity contribution in [2.24, 2.45) is 0 Å². The fourth-order valence-electron chi connectivity index (χ4n) is 3.62. The number of hydrogen-bond donors (Lipinski definition) is 2. The van der Waals surface area contributed by atoms with E-state index in [1.165, 1.54) is 23.5 Å². The highest BCUT2D eigenvalue weighted by Gasteiger charge is 2.18. The summed E-state index contributed by atoms with van der Waals surface area (Å²) >= 11 is 15.1. The number of ether oxygens (including phenoxy) is 1. The molecule has 0 amide bonds. The molecule has 2 heterocycles. The molecule has 0 fully saturated rings. The first-order valence-corrected chi connectivity index (χ1v) is 13.9. The molecule has 0 aliphatic carbocycles. The number of carbonyl (C=O) groups is 1. The Morgan fingerprint density at radius 1 is 1.26 bits per heavy atom. The lowest BCUT2D eigenvalue weighted by atomic mass is 10.1. The summed E-state index contributed by atoms with van der Waals surface area (Å²) in [6, 6.07) is 7.71. The van der Waals surface area contributed by atoms with Gasteiger partial charge in [0.25, 0.3) is 0 Å². The average molecular weight is 615 g/mol. The molecule has 39 heavy (non-hydrogen) atoms. The lowest BCUT2D eigenvalue weighted by Gasteiger charge is -2.19. The second-order valence-electron chi connectivity index (χ2n) is 8.25. The molecule has 206 valence electrons. The smallest absolute Gasteiger partial charge is 0.480 e. The molecule has 0 aliphatic heterocycles. The Bertz CT molecular complexity index is 1500. The van der Waals surface area contributed by atoms with Gasteiger partial charge in [-0.3, -0.25) is 9.69 Å². The predicted octanol–water partition coefficient (Wildman–Crippen LogP) is 6.87. The lowest BCUT2D eigenvalue weighted by molar-refractivity contribution is -0.138. The molecule has 0 unspecified atom stereocenters. The van der Waals surface area contributed by atoms with Gasteiger partial charge in [-0.1, -0.05) is 23.2 Å². The van der Waals surface area contributed by atoms with E-state index < -0.39 is 17.6 Å². The molecule has 4 rings (SSSR count). The molecule has 0 bridgehead atoms. The van der Waals surface area contributed by atoms with Crippen LogP contribution in [0.4, 0.5) is 9.52 Å². The largest absolute Gasteiger partial charge is 0.519 e. The molecule has 0 aliphatic rings. The number of carboxylic acids is 1. The highest BCUT2D eigenvalue weighted by molar-refractivity contribution is 8.00. The van der Waals surface area contributed by atoms with Crippen molar-refractivity contribution in [2.75, 3.05) is 17.8 Å². The SMILES string of the molecule is Cc1oc(=O)oc1CN(CCCc1cc(Cl)ccc1Oc1cc(F)c(SNc2nccs2)cc1Cl)CC(=O)O. The van der Waals surface area contributed by atoms with Gasteiger partial charge in [0.1, 0.15) is 23.1 Å². The van der Waals surface area contributed by atoms with Crippen LogP contribution in [0.5, 0.6) is 11.5 Å². The van der Waals surface area contributed by atoms with Gasteiger partial charge >= 0.3 is 11.8 Å². The fraction of sp³-hybridized carbons (Fsp3) is 0.240. The summed E-state index contributed by atoms with van der Waals surface area (Å²) < 4.78 is 33.6. The maximum atomic E-state index is 14.8. The molecule has 14 heteroatoms. The Labute approximate surface area is 240 Å². The van der Waals surface area contributed by atoms with E-state index in [9.17, 15) is 19.1 Å². The topological polar surface area (TPSA) is 118 Å². The van der Waals surface area contributed by atoms with E-state index in [2.05, 4.69) is 9.71 Å². The van der Waals surface area contributed by atoms with Crippen LogP contribution in [0, 0.1) is 12.7 Å². The molecular formula is C25H22Cl2FN3O6S2. The fourth-order valence-corrected chi connectivity index (χ4v) is 5.36. The van der Waals surface area contributed by atoms with Crippen LogP contribution in [0.1, 0.15) is 23.5 Å². The second-order valence-corrected chi connectivity index (χ2v) is 10.8. The number of carboxylic acid groups (broad SMARTS) is 1. The monoisotopic (exact) mass is 613 g/mol. The number of aliphatic carboxylic acids is 1. The first kappa shape index (κ1) is 29.0. The standard InChI is InChI=1S/C25H22Cl2FN3O6S2/c1-14-21(37-25(34)35-14)12-31(13-23(32)33)7-2-3-15-9-16(26)4-5-19(15)36-20-11-18(28)22(10-17(20)27)39-30-24-29-6-8-38-24/h4-6,8-11H,2-3,7,12-13H2,1H3,(H,29,30)(H,32,33). The predicted molar refractivity (Wildman–Crippen MR) is 148 cm³/mol. The second kappa shape index (κ2) is 13.4. The van der Waals surface area contributed by atoms with Gasteiger partial charge in [-0.15, -0.1) is 11.3 Å². The van der Waals surface area contributed by atoms with E-state index in [0.29, 0.717) is 41.1 Å². The van der Waals surface area contributed by atoms with Gasteiger partial charge in [0.2, 0.25) is 0 Å². The number of rotatable bonds is 13. The van der Waals surface area contributed by atoms with Crippen LogP contribution in [0.3, 0.4) is 0 Å². The maximum Gasteiger partial charge on any atom is 0.519 e. The van der Waals surface area contributed by atoms with Gasteiger partial charge in [0.05, 0.1) is 23.0 Å². The first-order valence-electron chi connectivity index (χ1n) is 11.5. The van der Waals surface area contributed by atoms with E-state index in [4.69, 9.17) is 36.8 Å². The first-order chi connectivity index (χ1) is 18.7. The lowest BCUT2D eigenvalue weighted by Crippen LogP contribution is -2.30. The Morgan fingerprint density at radius 2 is 2.08 bits per heavy atom.